The molecule has 11 heteroatoms. The number of rotatable bonds is 3. The Morgan fingerprint density at radius 3 is 2.70 bits per heavy atom. The van der Waals surface area contributed by atoms with E-state index in [4.69, 9.17) is 0 Å². The number of benzene rings is 1. The number of halogens is 4. The van der Waals surface area contributed by atoms with Gasteiger partial charge < -0.3 is 0 Å². The molecular formula is C12H10F4N4O2S. The first-order valence-electron chi connectivity index (χ1n) is 6.42. The lowest BCUT2D eigenvalue weighted by Gasteiger charge is -2.13. The van der Waals surface area contributed by atoms with Crippen LogP contribution in [0, 0.1) is 11.6 Å². The molecule has 1 aromatic carbocycles. The Labute approximate surface area is 128 Å². The Kier molecular flexibility index (Phi) is 3.64. The van der Waals surface area contributed by atoms with Crippen LogP contribution in [0.1, 0.15) is 30.0 Å². The zero-order valence-electron chi connectivity index (χ0n) is 11.6. The van der Waals surface area contributed by atoms with Crippen molar-refractivity contribution in [3.8, 4) is 0 Å². The van der Waals surface area contributed by atoms with E-state index in [0.717, 1.165) is 10.7 Å². The van der Waals surface area contributed by atoms with E-state index in [2.05, 4.69) is 10.1 Å². The normalized spacial score (nSPS) is 21.0. The summed E-state index contributed by atoms with van der Waals surface area (Å²) in [5.74, 6) is -2.68. The van der Waals surface area contributed by atoms with Gasteiger partial charge in [-0.1, -0.05) is 12.1 Å². The molecular weight excluding hydrogens is 340 g/mol. The maximum Gasteiger partial charge on any atom is 0.306 e. The van der Waals surface area contributed by atoms with E-state index in [1.807, 2.05) is 0 Å². The van der Waals surface area contributed by atoms with Crippen LogP contribution in [0.4, 0.5) is 17.7 Å². The van der Waals surface area contributed by atoms with Gasteiger partial charge in [0.15, 0.2) is 23.6 Å². The summed E-state index contributed by atoms with van der Waals surface area (Å²) in [5, 5.41) is 2.63. The van der Waals surface area contributed by atoms with Crippen LogP contribution < -0.4 is 0 Å². The molecule has 0 saturated carbocycles. The van der Waals surface area contributed by atoms with Gasteiger partial charge in [0, 0.05) is 19.0 Å². The molecule has 0 unspecified atom stereocenters. The van der Waals surface area contributed by atoms with E-state index in [1.54, 1.807) is 0 Å². The molecule has 0 radical (unpaired) electrons. The predicted molar refractivity (Wildman–Crippen MR) is 69.0 cm³/mol. The number of aromatic nitrogens is 3. The smallest absolute Gasteiger partial charge is 0.239 e. The summed E-state index contributed by atoms with van der Waals surface area (Å²) in [7, 11) is -3.99. The van der Waals surface area contributed by atoms with Crippen LogP contribution in [0.15, 0.2) is 23.4 Å². The maximum absolute atomic E-state index is 14.0. The third-order valence-electron chi connectivity index (χ3n) is 3.55. The molecule has 0 aliphatic carbocycles. The average molecular weight is 350 g/mol. The minimum atomic E-state index is -4.61. The van der Waals surface area contributed by atoms with Gasteiger partial charge in [0.25, 0.3) is 5.16 Å². The van der Waals surface area contributed by atoms with E-state index in [-0.39, 0.29) is 17.8 Å². The molecule has 0 N–H and O–H groups in total. The first-order valence-corrected chi connectivity index (χ1v) is 7.86. The Balaban J connectivity index is 2.11. The summed E-state index contributed by atoms with van der Waals surface area (Å²) >= 11 is 0. The predicted octanol–water partition coefficient (Wildman–Crippen LogP) is 2.06. The molecule has 23 heavy (non-hydrogen) atoms. The summed E-state index contributed by atoms with van der Waals surface area (Å²) in [6.07, 6.45) is -2.01. The fourth-order valence-electron chi connectivity index (χ4n) is 2.42. The van der Waals surface area contributed by atoms with E-state index < -0.39 is 43.6 Å². The third kappa shape index (κ3) is 2.39. The van der Waals surface area contributed by atoms with Gasteiger partial charge in [-0.15, -0.1) is 9.58 Å². The summed E-state index contributed by atoms with van der Waals surface area (Å²) in [4.78, 5) is 3.48. The second kappa shape index (κ2) is 5.27. The molecule has 0 bridgehead atoms. The number of nitrogens with zero attached hydrogens (tertiary/aromatic N) is 4. The fourth-order valence-corrected chi connectivity index (χ4v) is 3.04. The highest BCUT2D eigenvalue weighted by Crippen LogP contribution is 2.40. The number of hydrogen-bond donors (Lipinski definition) is 0. The summed E-state index contributed by atoms with van der Waals surface area (Å²) in [6, 6.07) is 2.30. The molecule has 1 aliphatic rings. The van der Waals surface area contributed by atoms with E-state index in [0.29, 0.717) is 7.05 Å². The Hall–Kier alpha value is -2.01. The summed E-state index contributed by atoms with van der Waals surface area (Å²) in [5.41, 5.74) is -0.186. The second-order valence-corrected chi connectivity index (χ2v) is 6.77. The molecule has 124 valence electrons. The number of sulfonamides is 1. The Morgan fingerprint density at radius 2 is 2.04 bits per heavy atom. The van der Waals surface area contributed by atoms with E-state index >= 15 is 0 Å². The highest BCUT2D eigenvalue weighted by molar-refractivity contribution is 7.88. The zero-order chi connectivity index (χ0) is 16.9. The minimum Gasteiger partial charge on any atom is -0.239 e. The SMILES string of the molecule is CN(F)S(=O)(=O)c1nc2n(n1)[C@H](c1cccc(F)c1F)C[C@@H]2F. The average Bonchev–Trinajstić information content (AvgIpc) is 3.04. The monoisotopic (exact) mass is 350 g/mol. The lowest BCUT2D eigenvalue weighted by Crippen LogP contribution is -2.20. The highest BCUT2D eigenvalue weighted by atomic mass is 32.2. The van der Waals surface area contributed by atoms with Crippen LogP contribution in [-0.4, -0.2) is 34.8 Å². The molecule has 3 rings (SSSR count). The number of fused-ring (bicyclic) bond motifs is 1. The molecule has 2 heterocycles. The summed E-state index contributed by atoms with van der Waals surface area (Å²) < 4.78 is 77.9. The molecule has 0 amide bonds. The van der Waals surface area contributed by atoms with Crippen molar-refractivity contribution in [2.75, 3.05) is 7.05 Å². The lowest BCUT2D eigenvalue weighted by atomic mass is 10.0. The molecule has 1 aliphatic heterocycles. The molecule has 0 saturated heterocycles. The maximum atomic E-state index is 14.0. The lowest BCUT2D eigenvalue weighted by molar-refractivity contribution is 0.176. The number of hydrogen-bond acceptors (Lipinski definition) is 4. The highest BCUT2D eigenvalue weighted by Gasteiger charge is 2.39. The minimum absolute atomic E-state index is 0.186. The van der Waals surface area contributed by atoms with Crippen LogP contribution >= 0.6 is 0 Å². The first kappa shape index (κ1) is 15.9. The van der Waals surface area contributed by atoms with Crippen molar-refractivity contribution in [3.05, 3.63) is 41.2 Å². The van der Waals surface area contributed by atoms with Crippen LogP contribution in [-0.2, 0) is 10.0 Å². The van der Waals surface area contributed by atoms with Crippen molar-refractivity contribution < 1.29 is 26.1 Å². The molecule has 2 aromatic rings. The van der Waals surface area contributed by atoms with Crippen molar-refractivity contribution >= 4 is 10.0 Å². The van der Waals surface area contributed by atoms with Gasteiger partial charge in [0.1, 0.15) is 0 Å². The topological polar surface area (TPSA) is 68.1 Å². The van der Waals surface area contributed by atoms with Crippen LogP contribution in [0.5, 0.6) is 0 Å². The van der Waals surface area contributed by atoms with Crippen molar-refractivity contribution in [1.29, 1.82) is 0 Å². The largest absolute Gasteiger partial charge is 0.306 e. The van der Waals surface area contributed by atoms with Gasteiger partial charge in [-0.3, -0.25) is 0 Å². The summed E-state index contributed by atoms with van der Waals surface area (Å²) in [6.45, 7) is 0. The Morgan fingerprint density at radius 1 is 1.35 bits per heavy atom. The van der Waals surface area contributed by atoms with E-state index in [1.165, 1.54) is 12.1 Å². The van der Waals surface area contributed by atoms with Gasteiger partial charge in [-0.2, -0.15) is 4.98 Å². The molecule has 0 fully saturated rings. The quantitative estimate of drug-likeness (QED) is 0.628. The van der Waals surface area contributed by atoms with Gasteiger partial charge in [-0.25, -0.2) is 26.3 Å². The third-order valence-corrected chi connectivity index (χ3v) is 4.84. The van der Waals surface area contributed by atoms with Gasteiger partial charge in [0.2, 0.25) is 0 Å². The van der Waals surface area contributed by atoms with Crippen LogP contribution in [0.2, 0.25) is 0 Å². The van der Waals surface area contributed by atoms with Crippen LogP contribution in [0.25, 0.3) is 0 Å². The van der Waals surface area contributed by atoms with Crippen molar-refractivity contribution in [2.24, 2.45) is 0 Å². The molecule has 0 spiro atoms. The van der Waals surface area contributed by atoms with Crippen molar-refractivity contribution in [3.63, 3.8) is 0 Å². The first-order chi connectivity index (χ1) is 10.7. The second-order valence-electron chi connectivity index (χ2n) is 4.95. The van der Waals surface area contributed by atoms with Crippen molar-refractivity contribution in [2.45, 2.75) is 23.8 Å². The van der Waals surface area contributed by atoms with Crippen molar-refractivity contribution in [1.82, 2.24) is 19.3 Å². The number of alkyl halides is 1. The van der Waals surface area contributed by atoms with Gasteiger partial charge in [-0.05, 0) is 10.6 Å². The Bertz CT molecular complexity index is 868. The van der Waals surface area contributed by atoms with Gasteiger partial charge in [0.05, 0.1) is 6.04 Å². The standard InChI is InChI=1S/C12H10F4N4O2S/c1-19(16)23(21,22)12-17-11-8(14)5-9(20(11)18-12)6-3-2-4-7(13)10(6)15/h2-4,8-9H,5H2,1H3/t8-,9-/m0/s1. The molecule has 2 atom stereocenters. The van der Waals surface area contributed by atoms with Gasteiger partial charge >= 0.3 is 10.0 Å². The van der Waals surface area contributed by atoms with E-state index in [9.17, 15) is 26.1 Å². The molecule has 1 aromatic heterocycles. The van der Waals surface area contributed by atoms with Crippen LogP contribution in [0.3, 0.4) is 0 Å². The zero-order valence-corrected chi connectivity index (χ0v) is 12.4. The molecule has 6 nitrogen and oxygen atoms in total. The fraction of sp³-hybridized carbons (Fsp3) is 0.333.